The number of esters is 1. The van der Waals surface area contributed by atoms with E-state index >= 15 is 0 Å². The summed E-state index contributed by atoms with van der Waals surface area (Å²) in [5.74, 6) is 0.00197. The van der Waals surface area contributed by atoms with Gasteiger partial charge in [-0.15, -0.1) is 0 Å². The first-order valence-corrected chi connectivity index (χ1v) is 12.1. The Morgan fingerprint density at radius 3 is 2.73 bits per heavy atom. The number of benzene rings is 1. The molecule has 0 fully saturated rings. The second kappa shape index (κ2) is 12.6. The topological polar surface area (TPSA) is 77.5 Å². The first kappa shape index (κ1) is 24.3. The monoisotopic (exact) mass is 464 g/mol. The third-order valence-electron chi connectivity index (χ3n) is 5.10. The van der Waals surface area contributed by atoms with Crippen LogP contribution in [0.1, 0.15) is 24.0 Å². The van der Waals surface area contributed by atoms with E-state index in [1.54, 1.807) is 30.4 Å². The summed E-state index contributed by atoms with van der Waals surface area (Å²) in [6, 6.07) is 12.8. The number of allylic oxidation sites excluding steroid dienone is 3. The first-order chi connectivity index (χ1) is 16.1. The largest absolute Gasteiger partial charge is 0.496 e. The van der Waals surface area contributed by atoms with E-state index in [0.29, 0.717) is 25.0 Å². The molecule has 6 nitrogen and oxygen atoms in total. The molecule has 0 spiro atoms. The van der Waals surface area contributed by atoms with Crippen molar-refractivity contribution in [2.45, 2.75) is 25.5 Å². The number of nitrogens with zero attached hydrogens (tertiary/aromatic N) is 1. The number of amides is 1. The van der Waals surface area contributed by atoms with E-state index in [2.05, 4.69) is 10.3 Å². The van der Waals surface area contributed by atoms with Crippen LogP contribution < -0.4 is 5.32 Å². The molecule has 2 aromatic rings. The molecule has 1 amide bonds. The van der Waals surface area contributed by atoms with Crippen molar-refractivity contribution in [3.05, 3.63) is 95.5 Å². The van der Waals surface area contributed by atoms with Gasteiger partial charge in [-0.3, -0.25) is 9.78 Å². The van der Waals surface area contributed by atoms with Crippen molar-refractivity contribution in [3.8, 4) is 0 Å². The van der Waals surface area contributed by atoms with Gasteiger partial charge in [0.1, 0.15) is 12.6 Å². The molecule has 1 aromatic carbocycles. The Morgan fingerprint density at radius 2 is 2.03 bits per heavy atom. The predicted molar refractivity (Wildman–Crippen MR) is 131 cm³/mol. The van der Waals surface area contributed by atoms with Crippen molar-refractivity contribution in [1.82, 2.24) is 10.3 Å². The Hall–Kier alpha value is -3.32. The van der Waals surface area contributed by atoms with E-state index in [4.69, 9.17) is 9.47 Å². The van der Waals surface area contributed by atoms with Crippen molar-refractivity contribution in [2.75, 3.05) is 19.1 Å². The van der Waals surface area contributed by atoms with E-state index in [-0.39, 0.29) is 5.91 Å². The average molecular weight is 465 g/mol. The van der Waals surface area contributed by atoms with Gasteiger partial charge in [0.2, 0.25) is 0 Å². The second-order valence-corrected chi connectivity index (χ2v) is 8.43. The molecule has 0 radical (unpaired) electrons. The number of pyridine rings is 1. The van der Waals surface area contributed by atoms with E-state index in [1.165, 1.54) is 7.11 Å². The molecular weight excluding hydrogens is 436 g/mol. The molecule has 0 saturated heterocycles. The van der Waals surface area contributed by atoms with Gasteiger partial charge in [0.25, 0.3) is 5.91 Å². The molecule has 0 saturated carbocycles. The molecule has 1 aliphatic rings. The van der Waals surface area contributed by atoms with Crippen LogP contribution in [0.4, 0.5) is 0 Å². The summed E-state index contributed by atoms with van der Waals surface area (Å²) in [6.45, 7) is 0.416. The van der Waals surface area contributed by atoms with Gasteiger partial charge < -0.3 is 14.8 Å². The molecule has 1 N–H and O–H groups in total. The van der Waals surface area contributed by atoms with Crippen LogP contribution in [0.5, 0.6) is 0 Å². The highest BCUT2D eigenvalue weighted by atomic mass is 32.2. The van der Waals surface area contributed by atoms with Crippen LogP contribution >= 0.6 is 11.8 Å². The van der Waals surface area contributed by atoms with Gasteiger partial charge in [0.05, 0.1) is 13.4 Å². The molecule has 1 heterocycles. The molecular formula is C26H28N2O4S. The number of carbonyl (C=O) groups is 2. The smallest absolute Gasteiger partial charge is 0.328 e. The molecule has 0 bridgehead atoms. The molecule has 0 unspecified atom stereocenters. The first-order valence-electron chi connectivity index (χ1n) is 10.7. The molecule has 1 aromatic heterocycles. The Kier molecular flexibility index (Phi) is 9.32. The van der Waals surface area contributed by atoms with Crippen molar-refractivity contribution in [2.24, 2.45) is 0 Å². The predicted octanol–water partition coefficient (Wildman–Crippen LogP) is 4.31. The van der Waals surface area contributed by atoms with Gasteiger partial charge in [-0.05, 0) is 53.7 Å². The summed E-state index contributed by atoms with van der Waals surface area (Å²) >= 11 is 1.61. The number of ether oxygens (including phenoxy) is 2. The maximum atomic E-state index is 13.2. The van der Waals surface area contributed by atoms with E-state index in [0.717, 1.165) is 28.0 Å². The highest BCUT2D eigenvalue weighted by molar-refractivity contribution is 7.98. The van der Waals surface area contributed by atoms with Crippen LogP contribution in [-0.4, -0.2) is 42.0 Å². The number of rotatable bonds is 10. The number of carbonyl (C=O) groups excluding carboxylic acids is 2. The minimum absolute atomic E-state index is 0.295. The van der Waals surface area contributed by atoms with Gasteiger partial charge in [0, 0.05) is 23.5 Å². The Labute approximate surface area is 198 Å². The Bertz CT molecular complexity index is 1030. The lowest BCUT2D eigenvalue weighted by Crippen LogP contribution is -2.42. The van der Waals surface area contributed by atoms with E-state index in [9.17, 15) is 9.59 Å². The second-order valence-electron chi connectivity index (χ2n) is 7.44. The fraction of sp³-hybridized carbons (Fsp3) is 0.269. The van der Waals surface area contributed by atoms with Crippen molar-refractivity contribution in [3.63, 3.8) is 0 Å². The third kappa shape index (κ3) is 7.08. The number of hydrogen-bond donors (Lipinski definition) is 1. The fourth-order valence-corrected chi connectivity index (χ4v) is 3.87. The number of nitrogens with one attached hydrogen (secondary N) is 1. The normalized spacial score (nSPS) is 15.3. The summed E-state index contributed by atoms with van der Waals surface area (Å²) < 4.78 is 10.6. The lowest BCUT2D eigenvalue weighted by Gasteiger charge is -2.21. The zero-order chi connectivity index (χ0) is 23.5. The maximum absolute atomic E-state index is 13.2. The van der Waals surface area contributed by atoms with E-state index < -0.39 is 12.0 Å². The zero-order valence-electron chi connectivity index (χ0n) is 18.8. The highest BCUT2D eigenvalue weighted by Crippen LogP contribution is 2.31. The molecule has 172 valence electrons. The summed E-state index contributed by atoms with van der Waals surface area (Å²) in [5.41, 5.74) is 4.15. The van der Waals surface area contributed by atoms with Crippen molar-refractivity contribution >= 4 is 29.2 Å². The molecule has 1 aliphatic carbocycles. The van der Waals surface area contributed by atoms with Gasteiger partial charge >= 0.3 is 5.97 Å². The summed E-state index contributed by atoms with van der Waals surface area (Å²) in [5, 5.41) is 2.86. The number of aromatic nitrogens is 1. The van der Waals surface area contributed by atoms with Crippen LogP contribution in [-0.2, 0) is 25.7 Å². The Morgan fingerprint density at radius 1 is 1.21 bits per heavy atom. The molecule has 33 heavy (non-hydrogen) atoms. The van der Waals surface area contributed by atoms with Crippen LogP contribution in [0.3, 0.4) is 0 Å². The zero-order valence-corrected chi connectivity index (χ0v) is 19.6. The number of methoxy groups -OCH3 is 1. The van der Waals surface area contributed by atoms with Crippen LogP contribution in [0, 0.1) is 0 Å². The summed E-state index contributed by atoms with van der Waals surface area (Å²) in [7, 11) is 1.33. The summed E-state index contributed by atoms with van der Waals surface area (Å²) in [4.78, 5) is 29.4. The van der Waals surface area contributed by atoms with Gasteiger partial charge in [-0.1, -0.05) is 42.5 Å². The standard InChI is InChI=1S/C26H28N2O4S/c1-31-26(30)24(12-14-33-2)28-25(29)22-11-10-19(15-23(22)21-8-4-3-5-9-21)17-32-18-20-7-6-13-27-16-20/h3-9,11,13,15-17,24H,10,12,14,18H2,1-2H3,(H,28,29)/t24-/m0/s1. The lowest BCUT2D eigenvalue weighted by molar-refractivity contribution is -0.144. The van der Waals surface area contributed by atoms with Crippen LogP contribution in [0.15, 0.2) is 84.4 Å². The fourth-order valence-electron chi connectivity index (χ4n) is 3.40. The third-order valence-corrected chi connectivity index (χ3v) is 5.74. The number of thioether (sulfide) groups is 1. The lowest BCUT2D eigenvalue weighted by atomic mass is 9.89. The highest BCUT2D eigenvalue weighted by Gasteiger charge is 2.26. The molecule has 7 heteroatoms. The SMILES string of the molecule is COC(=O)[C@H](CCSC)NC(=O)C1=CCC(=COCc2cccnc2)C=C1c1ccccc1. The van der Waals surface area contributed by atoms with Gasteiger partial charge in [-0.25, -0.2) is 4.79 Å². The molecule has 3 rings (SSSR count). The van der Waals surface area contributed by atoms with Gasteiger partial charge in [-0.2, -0.15) is 11.8 Å². The van der Waals surface area contributed by atoms with Gasteiger partial charge in [0.15, 0.2) is 0 Å². The van der Waals surface area contributed by atoms with E-state index in [1.807, 2.05) is 60.9 Å². The van der Waals surface area contributed by atoms with Crippen molar-refractivity contribution in [1.29, 1.82) is 0 Å². The summed E-state index contributed by atoms with van der Waals surface area (Å²) in [6.07, 6.45) is 12.0. The number of hydrogen-bond acceptors (Lipinski definition) is 6. The van der Waals surface area contributed by atoms with Crippen LogP contribution in [0.2, 0.25) is 0 Å². The minimum Gasteiger partial charge on any atom is -0.496 e. The van der Waals surface area contributed by atoms with Crippen molar-refractivity contribution < 1.29 is 19.1 Å². The maximum Gasteiger partial charge on any atom is 0.328 e. The van der Waals surface area contributed by atoms with Crippen LogP contribution in [0.25, 0.3) is 5.57 Å². The minimum atomic E-state index is -0.687. The average Bonchev–Trinajstić information content (AvgIpc) is 2.87. The quantitative estimate of drug-likeness (QED) is 0.417. The molecule has 1 atom stereocenters. The molecule has 0 aliphatic heterocycles. The Balaban J connectivity index is 1.79.